The van der Waals surface area contributed by atoms with Crippen molar-refractivity contribution in [3.8, 4) is 5.75 Å². The van der Waals surface area contributed by atoms with E-state index in [1.54, 1.807) is 31.4 Å². The fraction of sp³-hybridized carbons (Fsp3) is 0.200. The molecule has 0 atom stereocenters. The quantitative estimate of drug-likeness (QED) is 0.751. The normalized spacial score (nSPS) is 10.6. The molecule has 1 heterocycles. The monoisotopic (exact) mass is 336 g/mol. The lowest BCUT2D eigenvalue weighted by Crippen LogP contribution is -2.30. The number of pyridine rings is 1. The molecular weight excluding hydrogens is 316 g/mol. The maximum atomic E-state index is 12.1. The Bertz CT molecular complexity index is 933. The number of aromatic nitrogens is 1. The van der Waals surface area contributed by atoms with Gasteiger partial charge in [-0.25, -0.2) is 0 Å². The maximum Gasteiger partial charge on any atom is 0.258 e. The average Bonchev–Trinajstić information content (AvgIpc) is 2.64. The van der Waals surface area contributed by atoms with Gasteiger partial charge in [0.15, 0.2) is 6.61 Å². The smallest absolute Gasteiger partial charge is 0.258 e. The van der Waals surface area contributed by atoms with Gasteiger partial charge in [-0.3, -0.25) is 9.59 Å². The van der Waals surface area contributed by atoms with E-state index in [0.29, 0.717) is 23.1 Å². The summed E-state index contributed by atoms with van der Waals surface area (Å²) in [4.78, 5) is 24.1. The second-order valence-corrected chi connectivity index (χ2v) is 5.82. The van der Waals surface area contributed by atoms with Gasteiger partial charge >= 0.3 is 0 Å². The van der Waals surface area contributed by atoms with Crippen molar-refractivity contribution in [2.24, 2.45) is 7.05 Å². The Morgan fingerprint density at radius 2 is 1.84 bits per heavy atom. The number of nitrogens with one attached hydrogen (secondary N) is 1. The number of amides is 1. The van der Waals surface area contributed by atoms with Crippen molar-refractivity contribution in [2.45, 2.75) is 6.42 Å². The summed E-state index contributed by atoms with van der Waals surface area (Å²) in [5, 5.41) is 4.13. The minimum Gasteiger partial charge on any atom is -0.483 e. The molecule has 5 nitrogen and oxygen atoms in total. The zero-order valence-electron chi connectivity index (χ0n) is 14.1. The molecule has 1 N–H and O–H groups in total. The van der Waals surface area contributed by atoms with Crippen molar-refractivity contribution in [2.75, 3.05) is 13.2 Å². The predicted molar refractivity (Wildman–Crippen MR) is 97.8 cm³/mol. The third kappa shape index (κ3) is 4.07. The number of carbonyl (C=O) groups excluding carboxylic acids is 1. The molecule has 25 heavy (non-hydrogen) atoms. The van der Waals surface area contributed by atoms with Crippen LogP contribution < -0.4 is 15.6 Å². The Balaban J connectivity index is 1.58. The Labute approximate surface area is 145 Å². The highest BCUT2D eigenvalue weighted by Gasteiger charge is 2.08. The minimum absolute atomic E-state index is 0.0802. The van der Waals surface area contributed by atoms with Crippen LogP contribution >= 0.6 is 0 Å². The largest absolute Gasteiger partial charge is 0.483 e. The fourth-order valence-electron chi connectivity index (χ4n) is 2.66. The predicted octanol–water partition coefficient (Wildman–Crippen LogP) is 2.28. The van der Waals surface area contributed by atoms with Crippen molar-refractivity contribution in [1.29, 1.82) is 0 Å². The van der Waals surface area contributed by atoms with E-state index < -0.39 is 0 Å². The van der Waals surface area contributed by atoms with Gasteiger partial charge in [0.05, 0.1) is 5.39 Å². The lowest BCUT2D eigenvalue weighted by molar-refractivity contribution is -0.123. The van der Waals surface area contributed by atoms with E-state index in [-0.39, 0.29) is 18.1 Å². The zero-order valence-corrected chi connectivity index (χ0v) is 14.1. The molecule has 1 amide bonds. The Kier molecular flexibility index (Phi) is 5.14. The fourth-order valence-corrected chi connectivity index (χ4v) is 2.66. The molecular formula is C20H20N2O3. The van der Waals surface area contributed by atoms with E-state index in [9.17, 15) is 9.59 Å². The molecule has 2 aromatic carbocycles. The maximum absolute atomic E-state index is 12.1. The lowest BCUT2D eigenvalue weighted by atomic mass is 10.1. The summed E-state index contributed by atoms with van der Waals surface area (Å²) in [5.74, 6) is 0.352. The summed E-state index contributed by atoms with van der Waals surface area (Å²) < 4.78 is 7.13. The molecule has 0 saturated heterocycles. The number of hydrogen-bond donors (Lipinski definition) is 1. The van der Waals surface area contributed by atoms with Crippen LogP contribution in [0, 0.1) is 0 Å². The zero-order chi connectivity index (χ0) is 17.6. The number of rotatable bonds is 6. The molecule has 3 aromatic rings. The highest BCUT2D eigenvalue weighted by Crippen LogP contribution is 2.22. The SMILES string of the molecule is Cn1ccc2c(OCC(=O)NCCc3ccccc3)cccc2c1=O. The van der Waals surface area contributed by atoms with Crippen molar-refractivity contribution in [3.63, 3.8) is 0 Å². The van der Waals surface area contributed by atoms with Crippen molar-refractivity contribution < 1.29 is 9.53 Å². The molecule has 0 saturated carbocycles. The van der Waals surface area contributed by atoms with Gasteiger partial charge in [0.2, 0.25) is 0 Å². The van der Waals surface area contributed by atoms with Gasteiger partial charge in [-0.05, 0) is 30.2 Å². The number of carbonyl (C=O) groups is 1. The number of hydrogen-bond acceptors (Lipinski definition) is 3. The van der Waals surface area contributed by atoms with Gasteiger partial charge in [-0.2, -0.15) is 0 Å². The molecule has 0 unspecified atom stereocenters. The highest BCUT2D eigenvalue weighted by atomic mass is 16.5. The van der Waals surface area contributed by atoms with Crippen LogP contribution in [0.1, 0.15) is 5.56 Å². The average molecular weight is 336 g/mol. The highest BCUT2D eigenvalue weighted by molar-refractivity contribution is 5.88. The van der Waals surface area contributed by atoms with Gasteiger partial charge in [0.1, 0.15) is 5.75 Å². The summed E-state index contributed by atoms with van der Waals surface area (Å²) in [5.41, 5.74) is 1.09. The Morgan fingerprint density at radius 3 is 2.64 bits per heavy atom. The van der Waals surface area contributed by atoms with Crippen LogP contribution in [-0.4, -0.2) is 23.6 Å². The molecule has 5 heteroatoms. The van der Waals surface area contributed by atoms with E-state index in [1.807, 2.05) is 36.4 Å². The number of nitrogens with zero attached hydrogens (tertiary/aromatic N) is 1. The first kappa shape index (κ1) is 16.8. The third-order valence-corrected chi connectivity index (χ3v) is 4.02. The second kappa shape index (κ2) is 7.66. The Hall–Kier alpha value is -3.08. The number of ether oxygens (including phenoxy) is 1. The molecule has 0 spiro atoms. The Morgan fingerprint density at radius 1 is 1.04 bits per heavy atom. The molecule has 0 fully saturated rings. The molecule has 3 rings (SSSR count). The van der Waals surface area contributed by atoms with Gasteiger partial charge in [-0.15, -0.1) is 0 Å². The van der Waals surface area contributed by atoms with Crippen LogP contribution in [0.25, 0.3) is 10.8 Å². The van der Waals surface area contributed by atoms with E-state index in [0.717, 1.165) is 6.42 Å². The van der Waals surface area contributed by atoms with Crippen molar-refractivity contribution >= 4 is 16.7 Å². The lowest BCUT2D eigenvalue weighted by Gasteiger charge is -2.10. The van der Waals surface area contributed by atoms with Crippen molar-refractivity contribution in [1.82, 2.24) is 9.88 Å². The van der Waals surface area contributed by atoms with Gasteiger partial charge in [0, 0.05) is 25.2 Å². The van der Waals surface area contributed by atoms with Crippen LogP contribution in [0.5, 0.6) is 5.75 Å². The van der Waals surface area contributed by atoms with E-state index >= 15 is 0 Å². The topological polar surface area (TPSA) is 60.3 Å². The van der Waals surface area contributed by atoms with Gasteiger partial charge in [0.25, 0.3) is 11.5 Å². The molecule has 0 aliphatic carbocycles. The summed E-state index contributed by atoms with van der Waals surface area (Å²) in [6.45, 7) is 0.478. The van der Waals surface area contributed by atoms with Crippen LogP contribution in [0.3, 0.4) is 0 Å². The summed E-state index contributed by atoms with van der Waals surface area (Å²) in [7, 11) is 1.70. The molecule has 0 aliphatic heterocycles. The van der Waals surface area contributed by atoms with Crippen LogP contribution in [0.15, 0.2) is 65.6 Å². The molecule has 0 bridgehead atoms. The number of benzene rings is 2. The second-order valence-electron chi connectivity index (χ2n) is 5.82. The first-order valence-corrected chi connectivity index (χ1v) is 8.17. The summed E-state index contributed by atoms with van der Waals surface area (Å²) in [6, 6.07) is 17.1. The third-order valence-electron chi connectivity index (χ3n) is 4.02. The summed E-state index contributed by atoms with van der Waals surface area (Å²) >= 11 is 0. The first-order valence-electron chi connectivity index (χ1n) is 8.17. The minimum atomic E-state index is -0.184. The molecule has 0 aliphatic rings. The van der Waals surface area contributed by atoms with Gasteiger partial charge in [-0.1, -0.05) is 36.4 Å². The van der Waals surface area contributed by atoms with E-state index in [2.05, 4.69) is 5.32 Å². The van der Waals surface area contributed by atoms with Crippen LogP contribution in [0.2, 0.25) is 0 Å². The molecule has 1 aromatic heterocycles. The number of aryl methyl sites for hydroxylation is 1. The van der Waals surface area contributed by atoms with E-state index in [1.165, 1.54) is 10.1 Å². The van der Waals surface area contributed by atoms with E-state index in [4.69, 9.17) is 4.74 Å². The number of fused-ring (bicyclic) bond motifs is 1. The molecule has 0 radical (unpaired) electrons. The van der Waals surface area contributed by atoms with Crippen LogP contribution in [0.4, 0.5) is 0 Å². The summed E-state index contributed by atoms with van der Waals surface area (Å²) in [6.07, 6.45) is 2.47. The van der Waals surface area contributed by atoms with Crippen LogP contribution in [-0.2, 0) is 18.3 Å². The first-order chi connectivity index (χ1) is 12.1. The molecule has 128 valence electrons. The van der Waals surface area contributed by atoms with Gasteiger partial charge < -0.3 is 14.6 Å². The standard InChI is InChI=1S/C20H20N2O3/c1-22-13-11-16-17(20(22)24)8-5-9-18(16)25-14-19(23)21-12-10-15-6-3-2-4-7-15/h2-9,11,13H,10,12,14H2,1H3,(H,21,23). The van der Waals surface area contributed by atoms with Crippen molar-refractivity contribution in [3.05, 3.63) is 76.7 Å².